The first-order chi connectivity index (χ1) is 10.1. The highest BCUT2D eigenvalue weighted by atomic mass is 35.5. The molecule has 0 saturated heterocycles. The van der Waals surface area contributed by atoms with Gasteiger partial charge < -0.3 is 10.1 Å². The average molecular weight is 308 g/mol. The molecule has 2 aromatic rings. The monoisotopic (exact) mass is 307 g/mol. The van der Waals surface area contributed by atoms with E-state index >= 15 is 0 Å². The van der Waals surface area contributed by atoms with Crippen molar-refractivity contribution in [1.29, 1.82) is 0 Å². The first kappa shape index (κ1) is 15.4. The largest absolute Gasteiger partial charge is 0.497 e. The van der Waals surface area contributed by atoms with Crippen LogP contribution in [0.25, 0.3) is 0 Å². The summed E-state index contributed by atoms with van der Waals surface area (Å²) in [6.07, 6.45) is 3.96. The number of nitrogens with one attached hydrogen (secondary N) is 1. The summed E-state index contributed by atoms with van der Waals surface area (Å²) in [6.45, 7) is 3.23. The van der Waals surface area contributed by atoms with E-state index < -0.39 is 0 Å². The van der Waals surface area contributed by atoms with Crippen LogP contribution in [0.3, 0.4) is 0 Å². The highest BCUT2D eigenvalue weighted by Crippen LogP contribution is 2.22. The molecule has 6 heteroatoms. The first-order valence-electron chi connectivity index (χ1n) is 6.77. The van der Waals surface area contributed by atoms with Gasteiger partial charge >= 0.3 is 0 Å². The topological polar surface area (TPSA) is 56.2 Å². The number of methoxy groups -OCH3 is 1. The van der Waals surface area contributed by atoms with Gasteiger partial charge in [0.15, 0.2) is 0 Å². The maximum Gasteiger partial charge on any atom is 0.254 e. The highest BCUT2D eigenvalue weighted by molar-refractivity contribution is 6.31. The molecule has 1 aromatic heterocycles. The molecule has 0 unspecified atom stereocenters. The van der Waals surface area contributed by atoms with Gasteiger partial charge in [0.1, 0.15) is 5.75 Å². The Kier molecular flexibility index (Phi) is 5.22. The molecular formula is C15H18ClN3O2. The van der Waals surface area contributed by atoms with Crippen LogP contribution in [-0.2, 0) is 13.0 Å². The third-order valence-corrected chi connectivity index (χ3v) is 3.51. The predicted molar refractivity (Wildman–Crippen MR) is 81.9 cm³/mol. The average Bonchev–Trinajstić information content (AvgIpc) is 2.97. The molecule has 1 heterocycles. The number of carbonyl (C=O) groups is 1. The van der Waals surface area contributed by atoms with E-state index in [2.05, 4.69) is 10.4 Å². The van der Waals surface area contributed by atoms with E-state index in [1.165, 1.54) is 0 Å². The first-order valence-corrected chi connectivity index (χ1v) is 7.15. The van der Waals surface area contributed by atoms with E-state index in [-0.39, 0.29) is 5.91 Å². The van der Waals surface area contributed by atoms with Crippen molar-refractivity contribution in [3.8, 4) is 5.75 Å². The summed E-state index contributed by atoms with van der Waals surface area (Å²) >= 11 is 6.16. The number of halogens is 1. The molecule has 1 aromatic carbocycles. The summed E-state index contributed by atoms with van der Waals surface area (Å²) in [4.78, 5) is 11.9. The highest BCUT2D eigenvalue weighted by Gasteiger charge is 2.08. The standard InChI is InChI=1S/C15H18ClN3O2/c1-3-19-10-12(9-18-19)15(20)17-7-6-11-4-5-13(21-2)8-14(11)16/h4-5,8-10H,3,6-7H2,1-2H3,(H,17,20). The second kappa shape index (κ2) is 7.13. The van der Waals surface area contributed by atoms with E-state index in [9.17, 15) is 4.79 Å². The number of carbonyl (C=O) groups excluding carboxylic acids is 1. The third kappa shape index (κ3) is 3.98. The Balaban J connectivity index is 1.87. The second-order valence-electron chi connectivity index (χ2n) is 4.55. The number of aromatic nitrogens is 2. The van der Waals surface area contributed by atoms with Crippen molar-refractivity contribution in [2.24, 2.45) is 0 Å². The molecular weight excluding hydrogens is 290 g/mol. The van der Waals surface area contributed by atoms with Crippen LogP contribution in [0.1, 0.15) is 22.8 Å². The Bertz CT molecular complexity index is 625. The van der Waals surface area contributed by atoms with E-state index in [1.807, 2.05) is 19.1 Å². The lowest BCUT2D eigenvalue weighted by atomic mass is 10.1. The SMILES string of the molecule is CCn1cc(C(=O)NCCc2ccc(OC)cc2Cl)cn1. The number of rotatable bonds is 6. The number of amides is 1. The summed E-state index contributed by atoms with van der Waals surface area (Å²) in [7, 11) is 1.60. The van der Waals surface area contributed by atoms with Crippen molar-refractivity contribution in [2.45, 2.75) is 19.9 Å². The van der Waals surface area contributed by atoms with Gasteiger partial charge in [0.25, 0.3) is 5.91 Å². The minimum Gasteiger partial charge on any atom is -0.497 e. The zero-order valence-electron chi connectivity index (χ0n) is 12.1. The van der Waals surface area contributed by atoms with Crippen molar-refractivity contribution < 1.29 is 9.53 Å². The molecule has 5 nitrogen and oxygen atoms in total. The van der Waals surface area contributed by atoms with Gasteiger partial charge in [0, 0.05) is 24.3 Å². The number of aryl methyl sites for hydroxylation is 1. The van der Waals surface area contributed by atoms with Crippen molar-refractivity contribution in [2.75, 3.05) is 13.7 Å². The lowest BCUT2D eigenvalue weighted by molar-refractivity contribution is 0.0954. The van der Waals surface area contributed by atoms with Gasteiger partial charge in [0.2, 0.25) is 0 Å². The Morgan fingerprint density at radius 1 is 1.48 bits per heavy atom. The molecule has 0 bridgehead atoms. The molecule has 0 spiro atoms. The maximum absolute atomic E-state index is 11.9. The molecule has 0 radical (unpaired) electrons. The minimum absolute atomic E-state index is 0.126. The molecule has 0 aliphatic heterocycles. The van der Waals surface area contributed by atoms with Crippen LogP contribution in [0, 0.1) is 0 Å². The molecule has 0 atom stereocenters. The van der Waals surface area contributed by atoms with E-state index in [1.54, 1.807) is 30.3 Å². The summed E-state index contributed by atoms with van der Waals surface area (Å²) < 4.78 is 6.82. The molecule has 21 heavy (non-hydrogen) atoms. The summed E-state index contributed by atoms with van der Waals surface area (Å²) in [5.41, 5.74) is 1.54. The Hall–Kier alpha value is -2.01. The molecule has 0 fully saturated rings. The van der Waals surface area contributed by atoms with E-state index in [0.717, 1.165) is 17.9 Å². The van der Waals surface area contributed by atoms with Crippen LogP contribution < -0.4 is 10.1 Å². The minimum atomic E-state index is -0.126. The van der Waals surface area contributed by atoms with E-state index in [4.69, 9.17) is 16.3 Å². The molecule has 2 rings (SSSR count). The van der Waals surface area contributed by atoms with Crippen molar-refractivity contribution in [3.63, 3.8) is 0 Å². The number of benzene rings is 1. The van der Waals surface area contributed by atoms with Crippen molar-refractivity contribution >= 4 is 17.5 Å². The van der Waals surface area contributed by atoms with Crippen LogP contribution in [0.4, 0.5) is 0 Å². The number of ether oxygens (including phenoxy) is 1. The van der Waals surface area contributed by atoms with Gasteiger partial charge in [0.05, 0.1) is 18.9 Å². The fourth-order valence-electron chi connectivity index (χ4n) is 1.92. The molecule has 0 aliphatic rings. The van der Waals surface area contributed by atoms with Gasteiger partial charge in [-0.05, 0) is 31.0 Å². The Labute approximate surface area is 128 Å². The lowest BCUT2D eigenvalue weighted by Gasteiger charge is -2.07. The quantitative estimate of drug-likeness (QED) is 0.892. The fourth-order valence-corrected chi connectivity index (χ4v) is 2.19. The van der Waals surface area contributed by atoms with E-state index in [0.29, 0.717) is 23.6 Å². The third-order valence-electron chi connectivity index (χ3n) is 3.16. The van der Waals surface area contributed by atoms with Gasteiger partial charge in [-0.3, -0.25) is 9.48 Å². The predicted octanol–water partition coefficient (Wildman–Crippen LogP) is 2.54. The smallest absolute Gasteiger partial charge is 0.254 e. The van der Waals surface area contributed by atoms with Gasteiger partial charge in [-0.1, -0.05) is 17.7 Å². The summed E-state index contributed by atoms with van der Waals surface area (Å²) in [5.74, 6) is 0.596. The molecule has 1 amide bonds. The van der Waals surface area contributed by atoms with Crippen LogP contribution in [0.15, 0.2) is 30.6 Å². The summed E-state index contributed by atoms with van der Waals surface area (Å²) in [5, 5.41) is 7.58. The Morgan fingerprint density at radius 3 is 2.90 bits per heavy atom. The van der Waals surface area contributed by atoms with Gasteiger partial charge in [-0.2, -0.15) is 5.10 Å². The number of nitrogens with zero attached hydrogens (tertiary/aromatic N) is 2. The molecule has 0 aliphatic carbocycles. The second-order valence-corrected chi connectivity index (χ2v) is 4.96. The molecule has 1 N–H and O–H groups in total. The maximum atomic E-state index is 11.9. The zero-order chi connectivity index (χ0) is 15.2. The van der Waals surface area contributed by atoms with Gasteiger partial charge in [-0.15, -0.1) is 0 Å². The number of hydrogen-bond donors (Lipinski definition) is 1. The van der Waals surface area contributed by atoms with Crippen LogP contribution in [-0.4, -0.2) is 29.3 Å². The lowest BCUT2D eigenvalue weighted by Crippen LogP contribution is -2.25. The van der Waals surface area contributed by atoms with Gasteiger partial charge in [-0.25, -0.2) is 0 Å². The molecule has 112 valence electrons. The van der Waals surface area contributed by atoms with Crippen LogP contribution >= 0.6 is 11.6 Å². The van der Waals surface area contributed by atoms with Crippen LogP contribution in [0.5, 0.6) is 5.75 Å². The normalized spacial score (nSPS) is 10.4. The number of hydrogen-bond acceptors (Lipinski definition) is 3. The molecule has 0 saturated carbocycles. The van der Waals surface area contributed by atoms with Crippen LogP contribution in [0.2, 0.25) is 5.02 Å². The zero-order valence-corrected chi connectivity index (χ0v) is 12.9. The Morgan fingerprint density at radius 2 is 2.29 bits per heavy atom. The van der Waals surface area contributed by atoms with Crippen molar-refractivity contribution in [3.05, 3.63) is 46.7 Å². The summed E-state index contributed by atoms with van der Waals surface area (Å²) in [6, 6.07) is 5.53. The van der Waals surface area contributed by atoms with Crippen molar-refractivity contribution in [1.82, 2.24) is 15.1 Å². The fraction of sp³-hybridized carbons (Fsp3) is 0.333.